The number of hydrogen-bond donors (Lipinski definition) is 1. The maximum atomic E-state index is 14.0. The van der Waals surface area contributed by atoms with Crippen LogP contribution in [0.3, 0.4) is 0 Å². The molecule has 0 fully saturated rings. The maximum Gasteiger partial charge on any atom is 0.243 e. The van der Waals surface area contributed by atoms with Gasteiger partial charge >= 0.3 is 0 Å². The first-order chi connectivity index (χ1) is 10.5. The minimum Gasteiger partial charge on any atom is -0.493 e. The first-order valence-electron chi connectivity index (χ1n) is 6.27. The van der Waals surface area contributed by atoms with Crippen molar-refractivity contribution >= 4 is 10.0 Å². The molecule has 0 bridgehead atoms. The van der Waals surface area contributed by atoms with Crippen molar-refractivity contribution in [3.8, 4) is 11.5 Å². The van der Waals surface area contributed by atoms with Gasteiger partial charge in [0.05, 0.1) is 20.4 Å². The highest BCUT2D eigenvalue weighted by Gasteiger charge is 2.22. The van der Waals surface area contributed by atoms with Gasteiger partial charge < -0.3 is 14.0 Å². The second kappa shape index (κ2) is 6.75. The summed E-state index contributed by atoms with van der Waals surface area (Å²) < 4.78 is 55.1. The van der Waals surface area contributed by atoms with Gasteiger partial charge in [0.2, 0.25) is 10.0 Å². The standard InChI is InChI=1S/C13H15FN2O5S/c1-19-11-5-10(14)13(6-12(11)20-2)22(17,18)16-4-3-9-7-15-21-8-9/h5-8,16H,3-4H2,1-2H3. The molecule has 0 spiro atoms. The highest BCUT2D eigenvalue weighted by molar-refractivity contribution is 7.89. The van der Waals surface area contributed by atoms with E-state index in [1.54, 1.807) is 0 Å². The first kappa shape index (κ1) is 16.2. The number of methoxy groups -OCH3 is 2. The molecule has 1 N–H and O–H groups in total. The summed E-state index contributed by atoms with van der Waals surface area (Å²) in [4.78, 5) is -0.504. The smallest absolute Gasteiger partial charge is 0.243 e. The normalized spacial score (nSPS) is 11.4. The van der Waals surface area contributed by atoms with Crippen LogP contribution in [0.5, 0.6) is 11.5 Å². The summed E-state index contributed by atoms with van der Waals surface area (Å²) >= 11 is 0. The van der Waals surface area contributed by atoms with Crippen molar-refractivity contribution in [3.63, 3.8) is 0 Å². The van der Waals surface area contributed by atoms with E-state index in [0.29, 0.717) is 6.42 Å². The van der Waals surface area contributed by atoms with Gasteiger partial charge in [0, 0.05) is 24.2 Å². The Labute approximate surface area is 127 Å². The lowest BCUT2D eigenvalue weighted by atomic mass is 10.3. The third kappa shape index (κ3) is 3.55. The average molecular weight is 330 g/mol. The van der Waals surface area contributed by atoms with Gasteiger partial charge in [-0.1, -0.05) is 5.16 Å². The van der Waals surface area contributed by atoms with Crippen LogP contribution >= 0.6 is 0 Å². The van der Waals surface area contributed by atoms with E-state index in [0.717, 1.165) is 17.7 Å². The van der Waals surface area contributed by atoms with Gasteiger partial charge in [-0.05, 0) is 6.42 Å². The highest BCUT2D eigenvalue weighted by atomic mass is 32.2. The molecule has 22 heavy (non-hydrogen) atoms. The van der Waals surface area contributed by atoms with Gasteiger partial charge in [-0.15, -0.1) is 0 Å². The molecule has 1 aromatic heterocycles. The van der Waals surface area contributed by atoms with Gasteiger partial charge in [0.25, 0.3) is 0 Å². The second-order valence-electron chi connectivity index (χ2n) is 4.32. The van der Waals surface area contributed by atoms with E-state index in [-0.39, 0.29) is 18.0 Å². The van der Waals surface area contributed by atoms with E-state index < -0.39 is 20.7 Å². The van der Waals surface area contributed by atoms with Crippen molar-refractivity contribution < 1.29 is 26.8 Å². The second-order valence-corrected chi connectivity index (χ2v) is 6.05. The Morgan fingerprint density at radius 2 is 1.95 bits per heavy atom. The fourth-order valence-electron chi connectivity index (χ4n) is 1.80. The van der Waals surface area contributed by atoms with E-state index in [2.05, 4.69) is 14.4 Å². The monoisotopic (exact) mass is 330 g/mol. The largest absolute Gasteiger partial charge is 0.493 e. The van der Waals surface area contributed by atoms with E-state index in [4.69, 9.17) is 9.47 Å². The Morgan fingerprint density at radius 3 is 2.55 bits per heavy atom. The number of ether oxygens (including phenoxy) is 2. The highest BCUT2D eigenvalue weighted by Crippen LogP contribution is 2.31. The van der Waals surface area contributed by atoms with Crippen LogP contribution in [-0.4, -0.2) is 34.3 Å². The van der Waals surface area contributed by atoms with Crippen molar-refractivity contribution in [2.45, 2.75) is 11.3 Å². The summed E-state index contributed by atoms with van der Waals surface area (Å²) in [6, 6.07) is 2.04. The summed E-state index contributed by atoms with van der Waals surface area (Å²) in [5.41, 5.74) is 0.732. The van der Waals surface area contributed by atoms with Crippen molar-refractivity contribution in [1.82, 2.24) is 9.88 Å². The molecule has 0 radical (unpaired) electrons. The van der Waals surface area contributed by atoms with Crippen molar-refractivity contribution in [1.29, 1.82) is 0 Å². The summed E-state index contributed by atoms with van der Waals surface area (Å²) in [6.45, 7) is 0.0807. The van der Waals surface area contributed by atoms with E-state index in [1.165, 1.54) is 26.7 Å². The van der Waals surface area contributed by atoms with Crippen LogP contribution in [0, 0.1) is 5.82 Å². The molecule has 9 heteroatoms. The Kier molecular flexibility index (Phi) is 4.99. The zero-order valence-electron chi connectivity index (χ0n) is 12.0. The molecule has 0 saturated carbocycles. The quantitative estimate of drug-likeness (QED) is 0.824. The van der Waals surface area contributed by atoms with Gasteiger partial charge in [0.1, 0.15) is 17.0 Å². The maximum absolute atomic E-state index is 14.0. The molecule has 0 aliphatic rings. The number of nitrogens with zero attached hydrogens (tertiary/aromatic N) is 1. The summed E-state index contributed by atoms with van der Waals surface area (Å²) in [7, 11) is -1.34. The Bertz CT molecular complexity index is 731. The van der Waals surface area contributed by atoms with Crippen molar-refractivity contribution in [2.75, 3.05) is 20.8 Å². The van der Waals surface area contributed by atoms with Gasteiger partial charge in [-0.25, -0.2) is 17.5 Å². The molecule has 120 valence electrons. The Hall–Kier alpha value is -2.13. The predicted octanol–water partition coefficient (Wildman–Crippen LogP) is 1.35. The van der Waals surface area contributed by atoms with Crippen LogP contribution in [0.1, 0.15) is 5.56 Å². The summed E-state index contributed by atoms with van der Waals surface area (Å²) in [5.74, 6) is -0.679. The van der Waals surface area contributed by atoms with Crippen LogP contribution in [-0.2, 0) is 16.4 Å². The average Bonchev–Trinajstić information content (AvgIpc) is 2.99. The molecule has 2 aromatic rings. The molecule has 2 rings (SSSR count). The van der Waals surface area contributed by atoms with Crippen LogP contribution in [0.4, 0.5) is 4.39 Å². The Morgan fingerprint density at radius 1 is 1.27 bits per heavy atom. The Balaban J connectivity index is 2.17. The first-order valence-corrected chi connectivity index (χ1v) is 7.75. The van der Waals surface area contributed by atoms with Crippen LogP contribution in [0.15, 0.2) is 34.0 Å². The molecule has 1 heterocycles. The molecular formula is C13H15FN2O5S. The number of halogens is 1. The molecule has 0 aliphatic heterocycles. The minimum absolute atomic E-state index is 0.0807. The molecule has 1 aromatic carbocycles. The molecule has 0 amide bonds. The zero-order valence-corrected chi connectivity index (χ0v) is 12.8. The van der Waals surface area contributed by atoms with Gasteiger partial charge in [-0.2, -0.15) is 0 Å². The fourth-order valence-corrected chi connectivity index (χ4v) is 2.90. The lowest BCUT2D eigenvalue weighted by Gasteiger charge is -2.12. The predicted molar refractivity (Wildman–Crippen MR) is 74.9 cm³/mol. The van der Waals surface area contributed by atoms with Crippen LogP contribution in [0.2, 0.25) is 0 Å². The number of sulfonamides is 1. The van der Waals surface area contributed by atoms with E-state index >= 15 is 0 Å². The third-order valence-electron chi connectivity index (χ3n) is 2.92. The molecule has 0 saturated heterocycles. The number of nitrogens with one attached hydrogen (secondary N) is 1. The molecule has 7 nitrogen and oxygen atoms in total. The molecular weight excluding hydrogens is 315 g/mol. The van der Waals surface area contributed by atoms with Crippen molar-refractivity contribution in [2.24, 2.45) is 0 Å². The summed E-state index contributed by atoms with van der Waals surface area (Å²) in [6.07, 6.45) is 3.26. The minimum atomic E-state index is -4.01. The lowest BCUT2D eigenvalue weighted by Crippen LogP contribution is -2.26. The van der Waals surface area contributed by atoms with Crippen molar-refractivity contribution in [3.05, 3.63) is 36.0 Å². The van der Waals surface area contributed by atoms with Crippen LogP contribution in [0.25, 0.3) is 0 Å². The number of aromatic nitrogens is 1. The SMILES string of the molecule is COc1cc(F)c(S(=O)(=O)NCCc2cnoc2)cc1OC. The molecule has 0 unspecified atom stereocenters. The summed E-state index contributed by atoms with van der Waals surface area (Å²) in [5, 5.41) is 3.51. The van der Waals surface area contributed by atoms with Gasteiger partial charge in [0.15, 0.2) is 11.5 Å². The lowest BCUT2D eigenvalue weighted by molar-refractivity contribution is 0.350. The van der Waals surface area contributed by atoms with Gasteiger partial charge in [-0.3, -0.25) is 0 Å². The van der Waals surface area contributed by atoms with Crippen LogP contribution < -0.4 is 14.2 Å². The van der Waals surface area contributed by atoms with E-state index in [1.807, 2.05) is 0 Å². The van der Waals surface area contributed by atoms with E-state index in [9.17, 15) is 12.8 Å². The topological polar surface area (TPSA) is 90.7 Å². The zero-order chi connectivity index (χ0) is 16.2. The fraction of sp³-hybridized carbons (Fsp3) is 0.308. The molecule has 0 atom stereocenters. The number of hydrogen-bond acceptors (Lipinski definition) is 6. The molecule has 0 aliphatic carbocycles. The number of benzene rings is 1. The number of rotatable bonds is 7. The third-order valence-corrected chi connectivity index (χ3v) is 4.39.